The molecule has 0 spiro atoms. The Balaban J connectivity index is 0.00000169. The van der Waals surface area contributed by atoms with E-state index in [1.807, 2.05) is 0 Å². The highest BCUT2D eigenvalue weighted by Gasteiger charge is 2.39. The summed E-state index contributed by atoms with van der Waals surface area (Å²) in [6.07, 6.45) is 5.48. The summed E-state index contributed by atoms with van der Waals surface area (Å²) in [5.74, 6) is 3.97. The number of carbonyl (C=O) groups excluding carboxylic acids is 1. The number of hydrogen-bond acceptors (Lipinski definition) is 3. The van der Waals surface area contributed by atoms with E-state index in [0.717, 1.165) is 49.7 Å². The van der Waals surface area contributed by atoms with Crippen molar-refractivity contribution in [3.05, 3.63) is 23.7 Å². The van der Waals surface area contributed by atoms with Crippen molar-refractivity contribution in [2.45, 2.75) is 70.5 Å². The van der Waals surface area contributed by atoms with Crippen LogP contribution in [0.15, 0.2) is 16.5 Å². The van der Waals surface area contributed by atoms with E-state index in [1.54, 1.807) is 0 Å². The fraction of sp³-hybridized carbons (Fsp3) is 0.737. The fourth-order valence-corrected chi connectivity index (χ4v) is 3.93. The number of hydrogen-bond donors (Lipinski definition) is 1. The normalized spacial score (nSPS) is 32.1. The molecule has 4 rings (SSSR count). The number of furan rings is 1. The summed E-state index contributed by atoms with van der Waals surface area (Å²) >= 11 is 0. The molecule has 1 amide bonds. The summed E-state index contributed by atoms with van der Waals surface area (Å²) < 4.78 is 6.04. The maximum Gasteiger partial charge on any atom is 0.226 e. The Morgan fingerprint density at radius 1 is 1.25 bits per heavy atom. The third-order valence-corrected chi connectivity index (χ3v) is 5.73. The lowest BCUT2D eigenvalue weighted by Crippen LogP contribution is -2.44. The molecule has 2 aliphatic carbocycles. The van der Waals surface area contributed by atoms with Gasteiger partial charge in [0.05, 0.1) is 6.54 Å². The molecule has 1 N–H and O–H groups in total. The molecule has 0 radical (unpaired) electrons. The first-order chi connectivity index (χ1) is 11.1. The number of piperidine rings is 1. The van der Waals surface area contributed by atoms with Crippen LogP contribution >= 0.6 is 12.4 Å². The minimum Gasteiger partial charge on any atom is -0.464 e. The van der Waals surface area contributed by atoms with Crippen LogP contribution in [0.3, 0.4) is 0 Å². The number of rotatable bonds is 5. The molecule has 0 aromatic carbocycles. The summed E-state index contributed by atoms with van der Waals surface area (Å²) in [5, 5.41) is 3.44. The molecule has 3 aliphatic rings. The summed E-state index contributed by atoms with van der Waals surface area (Å²) in [5.41, 5.74) is 0. The monoisotopic (exact) mass is 352 g/mol. The SMILES string of the molecule is CC1CC1c1ccc(CN(C(=O)[C@H]2CCN[C@@H](C)C2)C2CC2)o1.Cl. The van der Waals surface area contributed by atoms with Crippen molar-refractivity contribution >= 4 is 18.3 Å². The van der Waals surface area contributed by atoms with Gasteiger partial charge in [0.2, 0.25) is 5.91 Å². The van der Waals surface area contributed by atoms with E-state index in [2.05, 4.69) is 36.2 Å². The van der Waals surface area contributed by atoms with Gasteiger partial charge >= 0.3 is 0 Å². The molecule has 134 valence electrons. The van der Waals surface area contributed by atoms with E-state index in [1.165, 1.54) is 6.42 Å². The predicted octanol–water partition coefficient (Wildman–Crippen LogP) is 3.70. The average Bonchev–Trinajstić information content (AvgIpc) is 3.45. The highest BCUT2D eigenvalue weighted by molar-refractivity contribution is 5.85. The lowest BCUT2D eigenvalue weighted by molar-refractivity contribution is -0.138. The maximum atomic E-state index is 13.0. The summed E-state index contributed by atoms with van der Waals surface area (Å²) in [6, 6.07) is 5.09. The second-order valence-corrected chi connectivity index (χ2v) is 7.90. The molecule has 2 unspecified atom stereocenters. The number of carbonyl (C=O) groups is 1. The summed E-state index contributed by atoms with van der Waals surface area (Å²) in [4.78, 5) is 15.1. The van der Waals surface area contributed by atoms with Gasteiger partial charge in [-0.3, -0.25) is 4.79 Å². The van der Waals surface area contributed by atoms with Crippen molar-refractivity contribution in [1.29, 1.82) is 0 Å². The lowest BCUT2D eigenvalue weighted by Gasteiger charge is -2.32. The van der Waals surface area contributed by atoms with E-state index in [0.29, 0.717) is 30.5 Å². The van der Waals surface area contributed by atoms with Crippen LogP contribution in [0.25, 0.3) is 0 Å². The van der Waals surface area contributed by atoms with Crippen LogP contribution in [0.1, 0.15) is 63.4 Å². The molecule has 2 heterocycles. The van der Waals surface area contributed by atoms with Crippen molar-refractivity contribution in [2.24, 2.45) is 11.8 Å². The molecule has 4 nitrogen and oxygen atoms in total. The van der Waals surface area contributed by atoms with E-state index >= 15 is 0 Å². The highest BCUT2D eigenvalue weighted by atomic mass is 35.5. The van der Waals surface area contributed by atoms with Gasteiger partial charge < -0.3 is 14.6 Å². The molecule has 3 fully saturated rings. The van der Waals surface area contributed by atoms with Crippen LogP contribution in [-0.2, 0) is 11.3 Å². The van der Waals surface area contributed by atoms with Gasteiger partial charge in [0, 0.05) is 23.9 Å². The minimum absolute atomic E-state index is 0. The van der Waals surface area contributed by atoms with Crippen LogP contribution in [0.2, 0.25) is 0 Å². The van der Waals surface area contributed by atoms with Crippen LogP contribution < -0.4 is 5.32 Å². The average molecular weight is 353 g/mol. The van der Waals surface area contributed by atoms with Gasteiger partial charge in [-0.15, -0.1) is 12.4 Å². The topological polar surface area (TPSA) is 45.5 Å². The zero-order valence-corrected chi connectivity index (χ0v) is 15.5. The number of halogens is 1. The lowest BCUT2D eigenvalue weighted by atomic mass is 9.92. The Hall–Kier alpha value is -1.00. The zero-order valence-electron chi connectivity index (χ0n) is 14.7. The molecule has 2 saturated carbocycles. The molecule has 0 bridgehead atoms. The van der Waals surface area contributed by atoms with Gasteiger partial charge in [0.25, 0.3) is 0 Å². The third-order valence-electron chi connectivity index (χ3n) is 5.73. The molecule has 1 aromatic heterocycles. The van der Waals surface area contributed by atoms with Gasteiger partial charge in [0.1, 0.15) is 11.5 Å². The Morgan fingerprint density at radius 3 is 2.62 bits per heavy atom. The second kappa shape index (κ2) is 7.09. The number of amides is 1. The Bertz CT molecular complexity index is 584. The van der Waals surface area contributed by atoms with E-state index < -0.39 is 0 Å². The third kappa shape index (κ3) is 3.80. The first-order valence-electron chi connectivity index (χ1n) is 9.24. The maximum absolute atomic E-state index is 13.0. The smallest absolute Gasteiger partial charge is 0.226 e. The molecule has 1 aromatic rings. The molecular weight excluding hydrogens is 324 g/mol. The largest absolute Gasteiger partial charge is 0.464 e. The van der Waals surface area contributed by atoms with Gasteiger partial charge in [0.15, 0.2) is 0 Å². The van der Waals surface area contributed by atoms with E-state index in [9.17, 15) is 4.79 Å². The predicted molar refractivity (Wildman–Crippen MR) is 96.2 cm³/mol. The quantitative estimate of drug-likeness (QED) is 0.878. The Labute approximate surface area is 150 Å². The van der Waals surface area contributed by atoms with Crippen LogP contribution in [0.5, 0.6) is 0 Å². The van der Waals surface area contributed by atoms with Gasteiger partial charge in [-0.1, -0.05) is 6.92 Å². The first-order valence-corrected chi connectivity index (χ1v) is 9.24. The van der Waals surface area contributed by atoms with E-state index in [4.69, 9.17) is 4.42 Å². The van der Waals surface area contributed by atoms with Crippen molar-refractivity contribution in [3.63, 3.8) is 0 Å². The van der Waals surface area contributed by atoms with Gasteiger partial charge in [-0.2, -0.15) is 0 Å². The molecule has 24 heavy (non-hydrogen) atoms. The zero-order chi connectivity index (χ0) is 16.0. The second-order valence-electron chi connectivity index (χ2n) is 7.90. The van der Waals surface area contributed by atoms with E-state index in [-0.39, 0.29) is 18.3 Å². The van der Waals surface area contributed by atoms with Crippen molar-refractivity contribution in [3.8, 4) is 0 Å². The van der Waals surface area contributed by atoms with Crippen molar-refractivity contribution in [1.82, 2.24) is 10.2 Å². The summed E-state index contributed by atoms with van der Waals surface area (Å²) in [7, 11) is 0. The van der Waals surface area contributed by atoms with Gasteiger partial charge in [-0.25, -0.2) is 0 Å². The molecule has 1 saturated heterocycles. The molecule has 4 atom stereocenters. The van der Waals surface area contributed by atoms with Crippen molar-refractivity contribution < 1.29 is 9.21 Å². The Kier molecular flexibility index (Phi) is 5.26. The first kappa shape index (κ1) is 17.8. The van der Waals surface area contributed by atoms with Gasteiger partial charge in [-0.05, 0) is 63.6 Å². The summed E-state index contributed by atoms with van der Waals surface area (Å²) in [6.45, 7) is 6.06. The molecular formula is C19H29ClN2O2. The van der Waals surface area contributed by atoms with Crippen molar-refractivity contribution in [2.75, 3.05) is 6.54 Å². The van der Waals surface area contributed by atoms with Crippen LogP contribution in [0, 0.1) is 11.8 Å². The molecule has 1 aliphatic heterocycles. The minimum atomic E-state index is 0. The number of nitrogens with zero attached hydrogens (tertiary/aromatic N) is 1. The van der Waals surface area contributed by atoms with Crippen LogP contribution in [0.4, 0.5) is 0 Å². The van der Waals surface area contributed by atoms with Crippen LogP contribution in [-0.4, -0.2) is 29.4 Å². The highest BCUT2D eigenvalue weighted by Crippen LogP contribution is 2.47. The molecule has 5 heteroatoms. The fourth-order valence-electron chi connectivity index (χ4n) is 3.93. The number of nitrogens with one attached hydrogen (secondary N) is 1. The standard InChI is InChI=1S/C19H28N2O2.ClH/c1-12-9-17(12)18-6-5-16(23-18)11-21(15-3-4-15)19(22)14-7-8-20-13(2)10-14;/h5-6,12-15,17,20H,3-4,7-11H2,1-2H3;1H/t12?,13-,14-,17?;/m0./s1. The Morgan fingerprint density at radius 2 is 2.00 bits per heavy atom.